The molecule has 0 atom stereocenters. The predicted molar refractivity (Wildman–Crippen MR) is 59.4 cm³/mol. The highest BCUT2D eigenvalue weighted by Gasteiger charge is 2.02. The summed E-state index contributed by atoms with van der Waals surface area (Å²) in [5, 5.41) is 10.9. The molecule has 6 heteroatoms. The normalized spacial score (nSPS) is 10.6. The number of hydrogen-bond donors (Lipinski definition) is 3. The van der Waals surface area contributed by atoms with Crippen molar-refractivity contribution in [3.63, 3.8) is 0 Å². The van der Waals surface area contributed by atoms with Crippen molar-refractivity contribution in [2.24, 2.45) is 0 Å². The molecule has 0 aliphatic carbocycles. The molecule has 84 valence electrons. The second-order valence-corrected chi connectivity index (χ2v) is 3.19. The number of fused-ring (bicyclic) bond motifs is 1. The standard InChI is InChI=1S/C10H11N3O3/c14-10-9(11-5-6-16-15)12-7-3-1-2-4-8(7)13-10/h1-4,15H,5-6H2,(H,11,12)(H,13,14). The fourth-order valence-electron chi connectivity index (χ4n) is 1.36. The van der Waals surface area contributed by atoms with Gasteiger partial charge in [-0.25, -0.2) is 9.87 Å². The van der Waals surface area contributed by atoms with E-state index >= 15 is 0 Å². The molecule has 0 aliphatic heterocycles. The smallest absolute Gasteiger partial charge is 0.291 e. The van der Waals surface area contributed by atoms with E-state index in [0.29, 0.717) is 17.6 Å². The summed E-state index contributed by atoms with van der Waals surface area (Å²) in [6.07, 6.45) is 0. The Morgan fingerprint density at radius 1 is 1.44 bits per heavy atom. The molecule has 0 unspecified atom stereocenters. The largest absolute Gasteiger partial charge is 0.363 e. The highest BCUT2D eigenvalue weighted by atomic mass is 17.1. The van der Waals surface area contributed by atoms with Crippen LogP contribution in [0.2, 0.25) is 0 Å². The van der Waals surface area contributed by atoms with Gasteiger partial charge in [-0.2, -0.15) is 0 Å². The fourth-order valence-corrected chi connectivity index (χ4v) is 1.36. The number of nitrogens with zero attached hydrogens (tertiary/aromatic N) is 1. The summed E-state index contributed by atoms with van der Waals surface area (Å²) in [5.74, 6) is 0.218. The minimum Gasteiger partial charge on any atom is -0.363 e. The highest BCUT2D eigenvalue weighted by molar-refractivity contribution is 5.75. The Balaban J connectivity index is 2.31. The molecular formula is C10H11N3O3. The number of H-pyrrole nitrogens is 1. The average Bonchev–Trinajstić information content (AvgIpc) is 2.30. The van der Waals surface area contributed by atoms with Gasteiger partial charge in [0.15, 0.2) is 5.82 Å². The monoisotopic (exact) mass is 221 g/mol. The molecule has 1 aromatic heterocycles. The summed E-state index contributed by atoms with van der Waals surface area (Å²) < 4.78 is 0. The van der Waals surface area contributed by atoms with Crippen molar-refractivity contribution in [3.8, 4) is 0 Å². The molecule has 0 amide bonds. The molecule has 2 aromatic rings. The summed E-state index contributed by atoms with van der Waals surface area (Å²) in [6, 6.07) is 7.25. The van der Waals surface area contributed by atoms with Crippen LogP contribution in [0, 0.1) is 0 Å². The molecule has 0 radical (unpaired) electrons. The zero-order valence-corrected chi connectivity index (χ0v) is 8.43. The zero-order valence-electron chi connectivity index (χ0n) is 8.43. The lowest BCUT2D eigenvalue weighted by molar-refractivity contribution is -0.238. The minimum atomic E-state index is -0.295. The van der Waals surface area contributed by atoms with Gasteiger partial charge in [-0.15, -0.1) is 0 Å². The van der Waals surface area contributed by atoms with Crippen LogP contribution in [-0.4, -0.2) is 28.4 Å². The van der Waals surface area contributed by atoms with Crippen LogP contribution in [0.4, 0.5) is 5.82 Å². The first-order valence-corrected chi connectivity index (χ1v) is 4.80. The molecule has 0 spiro atoms. The molecule has 0 saturated carbocycles. The zero-order chi connectivity index (χ0) is 11.4. The minimum absolute atomic E-state index is 0.0912. The molecule has 0 aliphatic rings. The Morgan fingerprint density at radius 2 is 2.25 bits per heavy atom. The van der Waals surface area contributed by atoms with Gasteiger partial charge in [0, 0.05) is 6.54 Å². The fraction of sp³-hybridized carbons (Fsp3) is 0.200. The van der Waals surface area contributed by atoms with Gasteiger partial charge in [-0.05, 0) is 12.1 Å². The summed E-state index contributed by atoms with van der Waals surface area (Å²) in [4.78, 5) is 22.3. The Bertz CT molecular complexity index is 538. The molecule has 1 aromatic carbocycles. The number of para-hydroxylation sites is 2. The topological polar surface area (TPSA) is 87.2 Å². The van der Waals surface area contributed by atoms with Crippen LogP contribution in [0.25, 0.3) is 11.0 Å². The van der Waals surface area contributed by atoms with E-state index in [1.807, 2.05) is 12.1 Å². The summed E-state index contributed by atoms with van der Waals surface area (Å²) >= 11 is 0. The summed E-state index contributed by atoms with van der Waals surface area (Å²) in [7, 11) is 0. The number of benzene rings is 1. The second kappa shape index (κ2) is 4.73. The highest BCUT2D eigenvalue weighted by Crippen LogP contribution is 2.07. The first-order valence-electron chi connectivity index (χ1n) is 4.80. The number of rotatable bonds is 4. The summed E-state index contributed by atoms with van der Waals surface area (Å²) in [6.45, 7) is 0.402. The number of hydrogen-bond acceptors (Lipinski definition) is 5. The van der Waals surface area contributed by atoms with Crippen LogP contribution in [0.1, 0.15) is 0 Å². The predicted octanol–water partition coefficient (Wildman–Crippen LogP) is 0.825. The third-order valence-electron chi connectivity index (χ3n) is 2.09. The van der Waals surface area contributed by atoms with Gasteiger partial charge in [0.05, 0.1) is 17.6 Å². The molecule has 6 nitrogen and oxygen atoms in total. The third kappa shape index (κ3) is 2.18. The van der Waals surface area contributed by atoms with Gasteiger partial charge < -0.3 is 10.3 Å². The average molecular weight is 221 g/mol. The third-order valence-corrected chi connectivity index (χ3v) is 2.09. The van der Waals surface area contributed by atoms with Gasteiger partial charge >= 0.3 is 0 Å². The van der Waals surface area contributed by atoms with Crippen LogP contribution in [0.3, 0.4) is 0 Å². The molecular weight excluding hydrogens is 210 g/mol. The molecule has 0 saturated heterocycles. The van der Waals surface area contributed by atoms with Gasteiger partial charge in [0.2, 0.25) is 0 Å². The van der Waals surface area contributed by atoms with Crippen LogP contribution in [0.5, 0.6) is 0 Å². The number of aromatic amines is 1. The lowest BCUT2D eigenvalue weighted by atomic mass is 10.3. The Labute approximate surface area is 90.8 Å². The van der Waals surface area contributed by atoms with Crippen molar-refractivity contribution in [1.82, 2.24) is 9.97 Å². The van der Waals surface area contributed by atoms with E-state index in [4.69, 9.17) is 5.26 Å². The van der Waals surface area contributed by atoms with E-state index in [9.17, 15) is 4.79 Å². The Hall–Kier alpha value is -1.92. The van der Waals surface area contributed by atoms with E-state index in [-0.39, 0.29) is 18.0 Å². The van der Waals surface area contributed by atoms with Crippen molar-refractivity contribution in [2.75, 3.05) is 18.5 Å². The molecule has 2 rings (SSSR count). The SMILES string of the molecule is O=c1[nH]c2ccccc2nc1NCCOO. The van der Waals surface area contributed by atoms with Crippen LogP contribution < -0.4 is 10.9 Å². The first-order chi connectivity index (χ1) is 7.81. The van der Waals surface area contributed by atoms with Crippen LogP contribution >= 0.6 is 0 Å². The van der Waals surface area contributed by atoms with Gasteiger partial charge in [0.1, 0.15) is 0 Å². The van der Waals surface area contributed by atoms with E-state index in [1.165, 1.54) is 0 Å². The van der Waals surface area contributed by atoms with Crippen molar-refractivity contribution < 1.29 is 10.1 Å². The van der Waals surface area contributed by atoms with Crippen molar-refractivity contribution in [1.29, 1.82) is 0 Å². The number of aromatic nitrogens is 2. The van der Waals surface area contributed by atoms with E-state index < -0.39 is 0 Å². The van der Waals surface area contributed by atoms with Gasteiger partial charge in [-0.1, -0.05) is 12.1 Å². The molecule has 0 bridgehead atoms. The summed E-state index contributed by atoms with van der Waals surface area (Å²) in [5.41, 5.74) is 1.10. The number of anilines is 1. The van der Waals surface area contributed by atoms with Gasteiger partial charge in [0.25, 0.3) is 5.56 Å². The Morgan fingerprint density at radius 3 is 3.06 bits per heavy atom. The number of nitrogens with one attached hydrogen (secondary N) is 2. The van der Waals surface area contributed by atoms with Crippen LogP contribution in [0.15, 0.2) is 29.1 Å². The first kappa shape index (κ1) is 10.6. The Kier molecular flexibility index (Phi) is 3.13. The molecule has 1 heterocycles. The van der Waals surface area contributed by atoms with Crippen molar-refractivity contribution in [3.05, 3.63) is 34.6 Å². The van der Waals surface area contributed by atoms with Crippen molar-refractivity contribution in [2.45, 2.75) is 0 Å². The van der Waals surface area contributed by atoms with E-state index in [1.54, 1.807) is 12.1 Å². The lowest BCUT2D eigenvalue weighted by Gasteiger charge is -2.04. The molecule has 16 heavy (non-hydrogen) atoms. The van der Waals surface area contributed by atoms with E-state index in [0.717, 1.165) is 0 Å². The molecule has 3 N–H and O–H groups in total. The quantitative estimate of drug-likeness (QED) is 0.404. The maximum atomic E-state index is 11.5. The van der Waals surface area contributed by atoms with Crippen LogP contribution in [-0.2, 0) is 4.89 Å². The van der Waals surface area contributed by atoms with E-state index in [2.05, 4.69) is 20.2 Å². The van der Waals surface area contributed by atoms with Gasteiger partial charge in [-0.3, -0.25) is 10.1 Å². The maximum absolute atomic E-state index is 11.5. The lowest BCUT2D eigenvalue weighted by Crippen LogP contribution is -2.19. The van der Waals surface area contributed by atoms with Crippen molar-refractivity contribution >= 4 is 16.9 Å². The molecule has 0 fully saturated rings. The maximum Gasteiger partial charge on any atom is 0.291 e. The second-order valence-electron chi connectivity index (χ2n) is 3.19.